The molecule has 0 saturated carbocycles. The van der Waals surface area contributed by atoms with Gasteiger partial charge in [-0.15, -0.1) is 0 Å². The van der Waals surface area contributed by atoms with Gasteiger partial charge in [-0.05, 0) is 24.1 Å². The highest BCUT2D eigenvalue weighted by Crippen LogP contribution is 2.14. The largest absolute Gasteiger partial charge is 0.377 e. The first kappa shape index (κ1) is 19.0. The van der Waals surface area contributed by atoms with E-state index in [9.17, 15) is 9.59 Å². The Balaban J connectivity index is 1.55. The van der Waals surface area contributed by atoms with Gasteiger partial charge in [0.05, 0.1) is 23.7 Å². The van der Waals surface area contributed by atoms with E-state index < -0.39 is 0 Å². The fourth-order valence-electron chi connectivity index (χ4n) is 2.13. The van der Waals surface area contributed by atoms with Crippen LogP contribution >= 0.6 is 11.6 Å². The summed E-state index contributed by atoms with van der Waals surface area (Å²) in [6, 6.07) is 16.6. The fourth-order valence-corrected chi connectivity index (χ4v) is 2.35. The molecule has 2 aromatic rings. The minimum absolute atomic E-state index is 0.0884. The first-order valence-corrected chi connectivity index (χ1v) is 8.45. The Morgan fingerprint density at radius 1 is 0.960 bits per heavy atom. The summed E-state index contributed by atoms with van der Waals surface area (Å²) in [5, 5.41) is 5.64. The third-order valence-corrected chi connectivity index (χ3v) is 3.76. The summed E-state index contributed by atoms with van der Waals surface area (Å²) in [5.74, 6) is -0.615. The summed E-state index contributed by atoms with van der Waals surface area (Å²) in [5.41, 5.74) is 1.47. The molecule has 2 amide bonds. The predicted octanol–water partition coefficient (Wildman–Crippen LogP) is 2.79. The predicted molar refractivity (Wildman–Crippen MR) is 97.5 cm³/mol. The zero-order valence-electron chi connectivity index (χ0n) is 13.8. The van der Waals surface area contributed by atoms with Crippen molar-refractivity contribution in [3.8, 4) is 0 Å². The summed E-state index contributed by atoms with van der Waals surface area (Å²) in [6.45, 7) is 1.52. The second kappa shape index (κ2) is 10.5. The highest BCUT2D eigenvalue weighted by atomic mass is 35.5. The maximum atomic E-state index is 11.9. The van der Waals surface area contributed by atoms with Crippen LogP contribution < -0.4 is 10.6 Å². The Hall–Kier alpha value is -2.37. The smallest absolute Gasteiger partial charge is 0.253 e. The second-order valence-corrected chi connectivity index (χ2v) is 5.81. The van der Waals surface area contributed by atoms with Crippen LogP contribution in [0.5, 0.6) is 0 Å². The third kappa shape index (κ3) is 6.95. The molecule has 2 aromatic carbocycles. The van der Waals surface area contributed by atoms with Gasteiger partial charge in [0.15, 0.2) is 0 Å². The minimum atomic E-state index is -0.369. The van der Waals surface area contributed by atoms with E-state index in [1.807, 2.05) is 30.3 Å². The van der Waals surface area contributed by atoms with Crippen LogP contribution in [-0.4, -0.2) is 31.5 Å². The molecule has 132 valence electrons. The van der Waals surface area contributed by atoms with E-state index in [-0.39, 0.29) is 18.4 Å². The number of benzene rings is 2. The van der Waals surface area contributed by atoms with E-state index in [1.54, 1.807) is 24.3 Å². The van der Waals surface area contributed by atoms with Crippen LogP contribution in [0.3, 0.4) is 0 Å². The number of carbonyl (C=O) groups is 2. The van der Waals surface area contributed by atoms with Gasteiger partial charge in [0.25, 0.3) is 5.91 Å². The zero-order chi connectivity index (χ0) is 17.9. The quantitative estimate of drug-likeness (QED) is 0.676. The number of amides is 2. The molecule has 0 aliphatic heterocycles. The lowest BCUT2D eigenvalue weighted by atomic mass is 10.2. The molecule has 2 N–H and O–H groups in total. The zero-order valence-corrected chi connectivity index (χ0v) is 14.6. The average Bonchev–Trinajstić information content (AvgIpc) is 2.64. The maximum absolute atomic E-state index is 11.9. The number of hydrogen-bond donors (Lipinski definition) is 2. The Kier molecular flexibility index (Phi) is 7.95. The molecule has 0 aliphatic rings. The monoisotopic (exact) mass is 360 g/mol. The lowest BCUT2D eigenvalue weighted by Gasteiger charge is -2.08. The van der Waals surface area contributed by atoms with E-state index in [2.05, 4.69) is 10.6 Å². The Morgan fingerprint density at radius 2 is 1.68 bits per heavy atom. The molecular formula is C19H21ClN2O3. The summed E-state index contributed by atoms with van der Waals surface area (Å²) >= 11 is 5.94. The Labute approximate surface area is 152 Å². The van der Waals surface area contributed by atoms with Crippen LogP contribution in [0.25, 0.3) is 0 Å². The molecule has 0 heterocycles. The van der Waals surface area contributed by atoms with Gasteiger partial charge in [0, 0.05) is 13.2 Å². The fraction of sp³-hybridized carbons (Fsp3) is 0.263. The number of carbonyl (C=O) groups excluding carboxylic acids is 2. The summed E-state index contributed by atoms with van der Waals surface area (Å²) in [7, 11) is 0. The molecule has 0 bridgehead atoms. The lowest BCUT2D eigenvalue weighted by Crippen LogP contribution is -2.37. The number of halogens is 1. The van der Waals surface area contributed by atoms with E-state index in [1.165, 1.54) is 0 Å². The Morgan fingerprint density at radius 3 is 2.44 bits per heavy atom. The van der Waals surface area contributed by atoms with E-state index in [4.69, 9.17) is 16.3 Å². The van der Waals surface area contributed by atoms with Crippen LogP contribution in [0, 0.1) is 0 Å². The molecule has 2 rings (SSSR count). The molecule has 25 heavy (non-hydrogen) atoms. The highest BCUT2D eigenvalue weighted by Gasteiger charge is 2.10. The van der Waals surface area contributed by atoms with Crippen molar-refractivity contribution in [3.05, 3.63) is 70.7 Å². The first-order chi connectivity index (χ1) is 12.2. The summed E-state index contributed by atoms with van der Waals surface area (Å²) in [6.07, 6.45) is 0.705. The molecule has 6 heteroatoms. The van der Waals surface area contributed by atoms with Crippen LogP contribution in [0.4, 0.5) is 0 Å². The van der Waals surface area contributed by atoms with Gasteiger partial charge in [-0.1, -0.05) is 54.1 Å². The van der Waals surface area contributed by atoms with Gasteiger partial charge in [0.1, 0.15) is 0 Å². The van der Waals surface area contributed by atoms with Crippen molar-refractivity contribution in [2.24, 2.45) is 0 Å². The first-order valence-electron chi connectivity index (χ1n) is 8.08. The van der Waals surface area contributed by atoms with Gasteiger partial charge in [-0.2, -0.15) is 0 Å². The van der Waals surface area contributed by atoms with Crippen molar-refractivity contribution in [2.45, 2.75) is 13.0 Å². The van der Waals surface area contributed by atoms with Gasteiger partial charge >= 0.3 is 0 Å². The molecular weight excluding hydrogens is 340 g/mol. The molecule has 0 aliphatic carbocycles. The van der Waals surface area contributed by atoms with E-state index in [0.717, 1.165) is 5.56 Å². The third-order valence-electron chi connectivity index (χ3n) is 3.43. The van der Waals surface area contributed by atoms with E-state index in [0.29, 0.717) is 36.8 Å². The molecule has 0 unspecified atom stereocenters. The number of ether oxygens (including phenoxy) is 1. The van der Waals surface area contributed by atoms with Crippen molar-refractivity contribution in [3.63, 3.8) is 0 Å². The van der Waals surface area contributed by atoms with Crippen molar-refractivity contribution < 1.29 is 14.3 Å². The summed E-state index contributed by atoms with van der Waals surface area (Å²) < 4.78 is 5.54. The van der Waals surface area contributed by atoms with Crippen molar-refractivity contribution in [2.75, 3.05) is 19.7 Å². The molecule has 0 atom stereocenters. The van der Waals surface area contributed by atoms with Gasteiger partial charge in [-0.25, -0.2) is 0 Å². The lowest BCUT2D eigenvalue weighted by molar-refractivity contribution is -0.120. The molecule has 5 nitrogen and oxygen atoms in total. The van der Waals surface area contributed by atoms with E-state index >= 15 is 0 Å². The highest BCUT2D eigenvalue weighted by molar-refractivity contribution is 6.33. The SMILES string of the molecule is O=C(CNC(=O)c1ccccc1Cl)NCCCOCc1ccccc1. The Bertz CT molecular complexity index is 692. The van der Waals surface area contributed by atoms with Crippen LogP contribution in [0.2, 0.25) is 5.02 Å². The van der Waals surface area contributed by atoms with Crippen LogP contribution in [0.1, 0.15) is 22.3 Å². The van der Waals surface area contributed by atoms with Crippen molar-refractivity contribution in [1.29, 1.82) is 0 Å². The number of hydrogen-bond acceptors (Lipinski definition) is 3. The second-order valence-electron chi connectivity index (χ2n) is 5.40. The molecule has 0 aromatic heterocycles. The molecule has 0 fully saturated rings. The van der Waals surface area contributed by atoms with Crippen molar-refractivity contribution in [1.82, 2.24) is 10.6 Å². The molecule has 0 saturated heterocycles. The number of rotatable bonds is 9. The molecule has 0 spiro atoms. The average molecular weight is 361 g/mol. The van der Waals surface area contributed by atoms with Gasteiger partial charge in [-0.3, -0.25) is 9.59 Å². The van der Waals surface area contributed by atoms with Crippen LogP contribution in [-0.2, 0) is 16.1 Å². The van der Waals surface area contributed by atoms with Crippen LogP contribution in [0.15, 0.2) is 54.6 Å². The molecule has 0 radical (unpaired) electrons. The summed E-state index contributed by atoms with van der Waals surface area (Å²) in [4.78, 5) is 23.6. The standard InChI is InChI=1S/C19H21ClN2O3/c20-17-10-5-4-9-16(17)19(24)22-13-18(23)21-11-6-12-25-14-15-7-2-1-3-8-15/h1-5,7-10H,6,11-14H2,(H,21,23)(H,22,24). The minimum Gasteiger partial charge on any atom is -0.377 e. The topological polar surface area (TPSA) is 67.4 Å². The number of nitrogens with one attached hydrogen (secondary N) is 2. The van der Waals surface area contributed by atoms with Gasteiger partial charge in [0.2, 0.25) is 5.91 Å². The van der Waals surface area contributed by atoms with Gasteiger partial charge < -0.3 is 15.4 Å². The normalized spacial score (nSPS) is 10.3. The van der Waals surface area contributed by atoms with Crippen molar-refractivity contribution >= 4 is 23.4 Å². The maximum Gasteiger partial charge on any atom is 0.253 e.